The molecule has 0 unspecified atom stereocenters. The molecule has 3 heteroatoms. The van der Waals surface area contributed by atoms with Gasteiger partial charge in [0.05, 0.1) is 6.04 Å². The van der Waals surface area contributed by atoms with E-state index in [4.69, 9.17) is 0 Å². The maximum Gasteiger partial charge on any atom is 0.100 e. The summed E-state index contributed by atoms with van der Waals surface area (Å²) in [7, 11) is 0. The highest BCUT2D eigenvalue weighted by atomic mass is 15.5. The van der Waals surface area contributed by atoms with Gasteiger partial charge in [0.25, 0.3) is 0 Å². The molecule has 1 aliphatic rings. The number of nitrogens with zero attached hydrogens (tertiary/aromatic N) is 3. The van der Waals surface area contributed by atoms with Crippen molar-refractivity contribution in [3.8, 4) is 12.0 Å². The Balaban J connectivity index is 2.46. The molecule has 0 aromatic rings. The lowest BCUT2D eigenvalue weighted by Gasteiger charge is -2.10. The molecule has 8 heavy (non-hydrogen) atoms. The minimum Gasteiger partial charge on any atom is -0.266 e. The van der Waals surface area contributed by atoms with Gasteiger partial charge in [0.2, 0.25) is 0 Å². The van der Waals surface area contributed by atoms with Gasteiger partial charge in [-0.25, -0.2) is 0 Å². The lowest BCUT2D eigenvalue weighted by molar-refractivity contribution is 0.316. The first kappa shape index (κ1) is 5.10. The van der Waals surface area contributed by atoms with Crippen LogP contribution in [0, 0.1) is 12.0 Å². The molecule has 0 radical (unpaired) electrons. The Labute approximate surface area is 48.4 Å². The van der Waals surface area contributed by atoms with Crippen LogP contribution in [-0.2, 0) is 0 Å². The van der Waals surface area contributed by atoms with Crippen molar-refractivity contribution in [1.82, 2.24) is 5.01 Å². The molecule has 0 aromatic heterocycles. The van der Waals surface area contributed by atoms with Crippen LogP contribution in [0.15, 0.2) is 10.3 Å². The Hall–Kier alpha value is -1.04. The van der Waals surface area contributed by atoms with Gasteiger partial charge in [0.1, 0.15) is 6.54 Å². The van der Waals surface area contributed by atoms with Gasteiger partial charge in [-0.3, -0.25) is 5.01 Å². The van der Waals surface area contributed by atoms with E-state index in [2.05, 4.69) is 22.3 Å². The highest BCUT2D eigenvalue weighted by Crippen LogP contribution is 1.91. The van der Waals surface area contributed by atoms with E-state index in [0.717, 1.165) is 13.1 Å². The van der Waals surface area contributed by atoms with E-state index in [1.54, 1.807) is 5.01 Å². The van der Waals surface area contributed by atoms with Crippen LogP contribution >= 0.6 is 0 Å². The van der Waals surface area contributed by atoms with Gasteiger partial charge in [-0.05, 0) is 6.92 Å². The van der Waals surface area contributed by atoms with Gasteiger partial charge in [-0.2, -0.15) is 0 Å². The van der Waals surface area contributed by atoms with Crippen LogP contribution in [0.2, 0.25) is 0 Å². The highest BCUT2D eigenvalue weighted by molar-refractivity contribution is 5.00. The summed E-state index contributed by atoms with van der Waals surface area (Å²) in [5.41, 5.74) is 0. The maximum atomic E-state index is 3.73. The Morgan fingerprint density at radius 1 is 1.75 bits per heavy atom. The average Bonchev–Trinajstić information content (AvgIpc) is 1.90. The predicted octanol–water partition coefficient (Wildman–Crippen LogP) is 0.650. The molecular weight excluding hydrogens is 102 g/mol. The molecule has 0 bridgehead atoms. The van der Waals surface area contributed by atoms with Crippen molar-refractivity contribution in [3.63, 3.8) is 0 Å². The fraction of sp³-hybridized carbons (Fsp3) is 0.600. The van der Waals surface area contributed by atoms with Crippen LogP contribution in [0.1, 0.15) is 6.92 Å². The molecule has 0 atom stereocenters. The minimum atomic E-state index is 0.722. The lowest BCUT2D eigenvalue weighted by Crippen LogP contribution is -2.17. The molecule has 0 amide bonds. The lowest BCUT2D eigenvalue weighted by atomic mass is 10.6. The van der Waals surface area contributed by atoms with Gasteiger partial charge in [0.15, 0.2) is 0 Å². The van der Waals surface area contributed by atoms with Crippen LogP contribution in [-0.4, -0.2) is 18.1 Å². The van der Waals surface area contributed by atoms with Gasteiger partial charge in [-0.15, -0.1) is 0 Å². The third kappa shape index (κ3) is 0.969. The van der Waals surface area contributed by atoms with Gasteiger partial charge in [0, 0.05) is 6.54 Å². The number of rotatable bonds is 1. The highest BCUT2D eigenvalue weighted by Gasteiger charge is 1.94. The summed E-state index contributed by atoms with van der Waals surface area (Å²) >= 11 is 0. The molecule has 0 saturated carbocycles. The second kappa shape index (κ2) is 2.31. The summed E-state index contributed by atoms with van der Waals surface area (Å²) in [6, 6.07) is 2.52. The van der Waals surface area contributed by atoms with Crippen molar-refractivity contribution in [2.45, 2.75) is 6.92 Å². The Morgan fingerprint density at radius 3 is 3.00 bits per heavy atom. The van der Waals surface area contributed by atoms with E-state index in [9.17, 15) is 0 Å². The molecule has 1 aliphatic heterocycles. The zero-order valence-corrected chi connectivity index (χ0v) is 4.76. The van der Waals surface area contributed by atoms with E-state index < -0.39 is 0 Å². The maximum absolute atomic E-state index is 3.73. The smallest absolute Gasteiger partial charge is 0.100 e. The van der Waals surface area contributed by atoms with Crippen molar-refractivity contribution < 1.29 is 0 Å². The Bertz CT molecular complexity index is 151. The topological polar surface area (TPSA) is 28.0 Å². The summed E-state index contributed by atoms with van der Waals surface area (Å²) in [5, 5.41) is 9.05. The van der Waals surface area contributed by atoms with Gasteiger partial charge < -0.3 is 0 Å². The number of hydrogen-bond donors (Lipinski definition) is 0. The third-order valence-corrected chi connectivity index (χ3v) is 0.927. The molecule has 1 rings (SSSR count). The second-order valence-corrected chi connectivity index (χ2v) is 1.46. The average molecular weight is 109 g/mol. The Morgan fingerprint density at radius 2 is 2.62 bits per heavy atom. The van der Waals surface area contributed by atoms with Crippen molar-refractivity contribution in [3.05, 3.63) is 0 Å². The normalized spacial score (nSPS) is 15.4. The fourth-order valence-corrected chi connectivity index (χ4v) is 0.454. The molecule has 0 saturated heterocycles. The van der Waals surface area contributed by atoms with Crippen LogP contribution in [0.5, 0.6) is 0 Å². The van der Waals surface area contributed by atoms with Crippen LogP contribution in [0.25, 0.3) is 0 Å². The second-order valence-electron chi connectivity index (χ2n) is 1.46. The molecule has 0 aliphatic carbocycles. The molecule has 42 valence electrons. The third-order valence-electron chi connectivity index (χ3n) is 0.927. The molecule has 0 aromatic carbocycles. The minimum absolute atomic E-state index is 0.722. The zero-order valence-electron chi connectivity index (χ0n) is 4.76. The fourth-order valence-electron chi connectivity index (χ4n) is 0.454. The van der Waals surface area contributed by atoms with E-state index in [-0.39, 0.29) is 0 Å². The largest absolute Gasteiger partial charge is 0.266 e. The van der Waals surface area contributed by atoms with E-state index in [1.165, 1.54) is 0 Å². The number of hydrogen-bond acceptors (Lipinski definition) is 3. The van der Waals surface area contributed by atoms with Gasteiger partial charge in [-0.1, -0.05) is 16.3 Å². The molecule has 0 fully saturated rings. The van der Waals surface area contributed by atoms with E-state index in [0.29, 0.717) is 0 Å². The van der Waals surface area contributed by atoms with Crippen molar-refractivity contribution in [1.29, 1.82) is 0 Å². The SMILES string of the molecule is CCN1CC#CN=N1. The van der Waals surface area contributed by atoms with Crippen molar-refractivity contribution >= 4 is 0 Å². The van der Waals surface area contributed by atoms with E-state index >= 15 is 0 Å². The zero-order chi connectivity index (χ0) is 5.82. The first-order valence-corrected chi connectivity index (χ1v) is 2.57. The molecule has 1 heterocycles. The van der Waals surface area contributed by atoms with E-state index in [1.807, 2.05) is 6.92 Å². The summed E-state index contributed by atoms with van der Waals surface area (Å²) in [4.78, 5) is 0. The Kier molecular flexibility index (Phi) is 1.48. The molecule has 3 nitrogen and oxygen atoms in total. The summed E-state index contributed by atoms with van der Waals surface area (Å²) in [6.45, 7) is 3.63. The summed E-state index contributed by atoms with van der Waals surface area (Å²) in [5.74, 6) is 2.80. The van der Waals surface area contributed by atoms with Crippen LogP contribution in [0.4, 0.5) is 0 Å². The molecular formula is C5H7N3. The quantitative estimate of drug-likeness (QED) is 0.454. The predicted molar refractivity (Wildman–Crippen MR) is 29.9 cm³/mol. The first-order chi connectivity index (χ1) is 3.93. The van der Waals surface area contributed by atoms with Crippen LogP contribution < -0.4 is 0 Å². The van der Waals surface area contributed by atoms with Crippen LogP contribution in [0.3, 0.4) is 0 Å². The van der Waals surface area contributed by atoms with Crippen molar-refractivity contribution in [2.24, 2.45) is 10.3 Å². The van der Waals surface area contributed by atoms with Gasteiger partial charge >= 0.3 is 0 Å². The standard InChI is InChI=1S/C5H7N3/c1-2-8-5-3-4-6-7-8/h2,5H2,1H3. The first-order valence-electron chi connectivity index (χ1n) is 2.57. The monoisotopic (exact) mass is 109 g/mol. The summed E-state index contributed by atoms with van der Waals surface area (Å²) in [6.07, 6.45) is 0. The van der Waals surface area contributed by atoms with Crippen molar-refractivity contribution in [2.75, 3.05) is 13.1 Å². The molecule has 0 N–H and O–H groups in total. The summed E-state index contributed by atoms with van der Waals surface area (Å²) < 4.78 is 0. The molecule has 0 spiro atoms.